The Morgan fingerprint density at radius 2 is 2.08 bits per heavy atom. The molecule has 6 nitrogen and oxygen atoms in total. The number of hydrogen-bond acceptors (Lipinski definition) is 5. The third-order valence-corrected chi connectivity index (χ3v) is 3.82. The molecule has 0 radical (unpaired) electrons. The standard InChI is InChI=1S/C15H21F3N4O2/c1-21(2)14-19-11(8-12(20-14)15(16,17)18)6-10-7-13(23)22(9-10)4-5-24-3/h8,10H,4-7,9H2,1-3H3/t10-/m0/s1. The number of rotatable bonds is 6. The average Bonchev–Trinajstić information content (AvgIpc) is 2.83. The van der Waals surface area contributed by atoms with Gasteiger partial charge in [0.05, 0.1) is 6.61 Å². The van der Waals surface area contributed by atoms with Crippen LogP contribution in [0.5, 0.6) is 0 Å². The highest BCUT2D eigenvalue weighted by Crippen LogP contribution is 2.30. The summed E-state index contributed by atoms with van der Waals surface area (Å²) in [6.07, 6.45) is -3.91. The monoisotopic (exact) mass is 346 g/mol. The largest absolute Gasteiger partial charge is 0.433 e. The van der Waals surface area contributed by atoms with Crippen LogP contribution in [0.15, 0.2) is 6.07 Å². The third-order valence-electron chi connectivity index (χ3n) is 3.82. The Kier molecular flexibility index (Phi) is 5.63. The third kappa shape index (κ3) is 4.56. The number of likely N-dealkylation sites (tertiary alicyclic amines) is 1. The predicted octanol–water partition coefficient (Wildman–Crippen LogP) is 1.60. The first-order valence-corrected chi connectivity index (χ1v) is 7.60. The molecule has 24 heavy (non-hydrogen) atoms. The molecule has 1 aromatic heterocycles. The molecule has 0 aromatic carbocycles. The van der Waals surface area contributed by atoms with Gasteiger partial charge >= 0.3 is 6.18 Å². The van der Waals surface area contributed by atoms with E-state index >= 15 is 0 Å². The van der Waals surface area contributed by atoms with E-state index in [0.717, 1.165) is 6.07 Å². The second kappa shape index (κ2) is 7.33. The second-order valence-electron chi connectivity index (χ2n) is 6.04. The molecule has 1 amide bonds. The maximum atomic E-state index is 13.0. The number of anilines is 1. The van der Waals surface area contributed by atoms with E-state index in [1.807, 2.05) is 0 Å². The molecule has 0 N–H and O–H groups in total. The zero-order valence-corrected chi connectivity index (χ0v) is 13.9. The Balaban J connectivity index is 2.15. The number of amides is 1. The van der Waals surface area contributed by atoms with Crippen molar-refractivity contribution in [1.82, 2.24) is 14.9 Å². The van der Waals surface area contributed by atoms with Gasteiger partial charge in [0.25, 0.3) is 0 Å². The smallest absolute Gasteiger partial charge is 0.383 e. The van der Waals surface area contributed by atoms with Crippen LogP contribution < -0.4 is 4.90 Å². The van der Waals surface area contributed by atoms with E-state index in [1.165, 1.54) is 4.90 Å². The number of alkyl halides is 3. The first kappa shape index (κ1) is 18.4. The summed E-state index contributed by atoms with van der Waals surface area (Å²) in [5.41, 5.74) is -0.663. The van der Waals surface area contributed by atoms with Crippen LogP contribution in [0.3, 0.4) is 0 Å². The molecule has 0 saturated carbocycles. The van der Waals surface area contributed by atoms with E-state index in [1.54, 1.807) is 26.1 Å². The van der Waals surface area contributed by atoms with Gasteiger partial charge in [-0.25, -0.2) is 9.97 Å². The summed E-state index contributed by atoms with van der Waals surface area (Å²) in [6.45, 7) is 1.44. The van der Waals surface area contributed by atoms with Crippen LogP contribution in [0.4, 0.5) is 19.1 Å². The van der Waals surface area contributed by atoms with E-state index < -0.39 is 11.9 Å². The van der Waals surface area contributed by atoms with Crippen LogP contribution in [0.2, 0.25) is 0 Å². The molecule has 134 valence electrons. The van der Waals surface area contributed by atoms with Gasteiger partial charge in [0.2, 0.25) is 11.9 Å². The first-order chi connectivity index (χ1) is 11.2. The van der Waals surface area contributed by atoms with Gasteiger partial charge in [-0.1, -0.05) is 0 Å². The molecule has 0 aliphatic carbocycles. The normalized spacial score (nSPS) is 18.3. The van der Waals surface area contributed by atoms with E-state index in [-0.39, 0.29) is 17.8 Å². The van der Waals surface area contributed by atoms with Crippen LogP contribution in [0.1, 0.15) is 17.8 Å². The number of carbonyl (C=O) groups excluding carboxylic acids is 1. The van der Waals surface area contributed by atoms with Crippen molar-refractivity contribution in [3.8, 4) is 0 Å². The summed E-state index contributed by atoms with van der Waals surface area (Å²) in [4.78, 5) is 22.8. The molecule has 1 aromatic rings. The summed E-state index contributed by atoms with van der Waals surface area (Å²) in [7, 11) is 4.73. The molecule has 0 spiro atoms. The number of carbonyl (C=O) groups is 1. The quantitative estimate of drug-likeness (QED) is 0.783. The van der Waals surface area contributed by atoms with E-state index in [2.05, 4.69) is 9.97 Å². The van der Waals surface area contributed by atoms with Gasteiger partial charge in [-0.05, 0) is 18.4 Å². The molecule has 0 unspecified atom stereocenters. The Bertz CT molecular complexity index is 593. The number of methoxy groups -OCH3 is 1. The molecule has 1 fully saturated rings. The van der Waals surface area contributed by atoms with Crippen LogP contribution in [0, 0.1) is 5.92 Å². The van der Waals surface area contributed by atoms with Crippen molar-refractivity contribution in [2.45, 2.75) is 19.0 Å². The van der Waals surface area contributed by atoms with Crippen molar-refractivity contribution in [3.63, 3.8) is 0 Å². The number of halogens is 3. The highest BCUT2D eigenvalue weighted by Gasteiger charge is 2.35. The minimum Gasteiger partial charge on any atom is -0.383 e. The Morgan fingerprint density at radius 3 is 2.67 bits per heavy atom. The van der Waals surface area contributed by atoms with E-state index in [0.29, 0.717) is 38.2 Å². The first-order valence-electron chi connectivity index (χ1n) is 7.60. The Hall–Kier alpha value is -1.90. The van der Waals surface area contributed by atoms with Crippen LogP contribution in [-0.4, -0.2) is 61.7 Å². The van der Waals surface area contributed by atoms with Crippen molar-refractivity contribution < 1.29 is 22.7 Å². The summed E-state index contributed by atoms with van der Waals surface area (Å²) in [5, 5.41) is 0. The summed E-state index contributed by atoms with van der Waals surface area (Å²) in [5.74, 6) is -0.0456. The molecule has 1 aliphatic heterocycles. The van der Waals surface area contributed by atoms with Crippen molar-refractivity contribution in [1.29, 1.82) is 0 Å². The zero-order valence-electron chi connectivity index (χ0n) is 13.9. The lowest BCUT2D eigenvalue weighted by atomic mass is 10.0. The number of hydrogen-bond donors (Lipinski definition) is 0. The van der Waals surface area contributed by atoms with Gasteiger partial charge < -0.3 is 14.5 Å². The average molecular weight is 346 g/mol. The maximum absolute atomic E-state index is 13.0. The van der Waals surface area contributed by atoms with E-state index in [4.69, 9.17) is 4.74 Å². The fraction of sp³-hybridized carbons (Fsp3) is 0.667. The maximum Gasteiger partial charge on any atom is 0.433 e. The lowest BCUT2D eigenvalue weighted by Crippen LogP contribution is -2.29. The molecular formula is C15H21F3N4O2. The zero-order chi connectivity index (χ0) is 17.9. The van der Waals surface area contributed by atoms with Gasteiger partial charge in [0.15, 0.2) is 0 Å². The molecule has 1 atom stereocenters. The van der Waals surface area contributed by atoms with Gasteiger partial charge in [0, 0.05) is 46.4 Å². The summed E-state index contributed by atoms with van der Waals surface area (Å²) < 4.78 is 44.0. The van der Waals surface area contributed by atoms with Gasteiger partial charge in [-0.3, -0.25) is 4.79 Å². The lowest BCUT2D eigenvalue weighted by Gasteiger charge is -2.17. The van der Waals surface area contributed by atoms with Crippen molar-refractivity contribution >= 4 is 11.9 Å². The van der Waals surface area contributed by atoms with Crippen LogP contribution in [0.25, 0.3) is 0 Å². The van der Waals surface area contributed by atoms with Crippen molar-refractivity contribution in [3.05, 3.63) is 17.5 Å². The van der Waals surface area contributed by atoms with Crippen LogP contribution in [-0.2, 0) is 22.1 Å². The highest BCUT2D eigenvalue weighted by molar-refractivity contribution is 5.78. The second-order valence-corrected chi connectivity index (χ2v) is 6.04. The van der Waals surface area contributed by atoms with Crippen molar-refractivity contribution in [2.24, 2.45) is 5.92 Å². The minimum absolute atomic E-state index is 0.00464. The fourth-order valence-corrected chi connectivity index (χ4v) is 2.64. The lowest BCUT2D eigenvalue weighted by molar-refractivity contribution is -0.141. The minimum atomic E-state index is -4.53. The number of aromatic nitrogens is 2. The Labute approximate surface area is 138 Å². The topological polar surface area (TPSA) is 58.6 Å². The molecule has 2 heterocycles. The van der Waals surface area contributed by atoms with Crippen LogP contribution >= 0.6 is 0 Å². The van der Waals surface area contributed by atoms with Crippen molar-refractivity contribution in [2.75, 3.05) is 45.8 Å². The number of nitrogens with zero attached hydrogens (tertiary/aromatic N) is 4. The fourth-order valence-electron chi connectivity index (χ4n) is 2.64. The van der Waals surface area contributed by atoms with Gasteiger partial charge in [0.1, 0.15) is 5.69 Å². The molecule has 2 rings (SSSR count). The molecular weight excluding hydrogens is 325 g/mol. The number of ether oxygens (including phenoxy) is 1. The van der Waals surface area contributed by atoms with Gasteiger partial charge in [-0.15, -0.1) is 0 Å². The summed E-state index contributed by atoms with van der Waals surface area (Å²) >= 11 is 0. The molecule has 0 bridgehead atoms. The molecule has 1 saturated heterocycles. The predicted molar refractivity (Wildman–Crippen MR) is 81.6 cm³/mol. The summed E-state index contributed by atoms with van der Waals surface area (Å²) in [6, 6.07) is 0.968. The molecule has 1 aliphatic rings. The highest BCUT2D eigenvalue weighted by atomic mass is 19.4. The Morgan fingerprint density at radius 1 is 1.38 bits per heavy atom. The SMILES string of the molecule is COCCN1C[C@@H](Cc2cc(C(F)(F)F)nc(N(C)C)n2)CC1=O. The molecule has 9 heteroatoms. The van der Waals surface area contributed by atoms with Gasteiger partial charge in [-0.2, -0.15) is 13.2 Å². The van der Waals surface area contributed by atoms with E-state index in [9.17, 15) is 18.0 Å².